The Balaban J connectivity index is 2.02. The van der Waals surface area contributed by atoms with Gasteiger partial charge in [0.15, 0.2) is 4.34 Å². The molecule has 1 aromatic heterocycles. The predicted octanol–water partition coefficient (Wildman–Crippen LogP) is 3.95. The highest BCUT2D eigenvalue weighted by Gasteiger charge is 2.19. The highest BCUT2D eigenvalue weighted by molar-refractivity contribution is 8.01. The molecule has 0 fully saturated rings. The van der Waals surface area contributed by atoms with E-state index in [1.54, 1.807) is 11.8 Å². The number of anilines is 1. The van der Waals surface area contributed by atoms with Gasteiger partial charge in [-0.2, -0.15) is 0 Å². The zero-order chi connectivity index (χ0) is 15.1. The van der Waals surface area contributed by atoms with Gasteiger partial charge in [0.2, 0.25) is 11.0 Å². The van der Waals surface area contributed by atoms with Crippen LogP contribution in [0.2, 0.25) is 0 Å². The minimum Gasteiger partial charge on any atom is -0.300 e. The quantitative estimate of drug-likeness (QED) is 0.477. The van der Waals surface area contributed by atoms with Crippen LogP contribution < -0.4 is 5.32 Å². The third-order valence-corrected chi connectivity index (χ3v) is 4.86. The van der Waals surface area contributed by atoms with Crippen molar-refractivity contribution in [2.45, 2.75) is 23.6 Å². The zero-order valence-electron chi connectivity index (χ0n) is 11.8. The molecule has 0 bridgehead atoms. The molecule has 0 saturated carbocycles. The molecule has 0 aliphatic rings. The van der Waals surface area contributed by atoms with Crippen molar-refractivity contribution in [1.29, 1.82) is 0 Å². The van der Waals surface area contributed by atoms with E-state index < -0.39 is 0 Å². The Kier molecular flexibility index (Phi) is 5.95. The maximum atomic E-state index is 12.4. The van der Waals surface area contributed by atoms with Crippen molar-refractivity contribution in [3.05, 3.63) is 48.6 Å². The number of aromatic nitrogens is 2. The van der Waals surface area contributed by atoms with Crippen LogP contribution in [-0.2, 0) is 4.79 Å². The molecule has 0 spiro atoms. The normalized spacial score (nSPS) is 11.9. The molecule has 110 valence electrons. The van der Waals surface area contributed by atoms with Gasteiger partial charge in [-0.05, 0) is 12.0 Å². The van der Waals surface area contributed by atoms with Crippen LogP contribution in [0.5, 0.6) is 0 Å². The molecule has 1 heterocycles. The molecule has 1 amide bonds. The largest absolute Gasteiger partial charge is 0.300 e. The number of hydrogen-bond acceptors (Lipinski definition) is 5. The molecule has 0 radical (unpaired) electrons. The van der Waals surface area contributed by atoms with E-state index in [2.05, 4.69) is 22.1 Å². The molecule has 0 saturated heterocycles. The van der Waals surface area contributed by atoms with Crippen LogP contribution in [0.25, 0.3) is 0 Å². The first-order chi connectivity index (χ1) is 10.2. The number of rotatable bonds is 7. The topological polar surface area (TPSA) is 54.9 Å². The number of carbonyl (C=O) groups excluding carboxylic acids is 1. The van der Waals surface area contributed by atoms with Gasteiger partial charge < -0.3 is 0 Å². The van der Waals surface area contributed by atoms with Crippen LogP contribution >= 0.6 is 23.1 Å². The molecule has 1 N–H and O–H groups in total. The van der Waals surface area contributed by atoms with Gasteiger partial charge in [0, 0.05) is 5.75 Å². The second-order valence-electron chi connectivity index (χ2n) is 4.33. The first-order valence-corrected chi connectivity index (χ1v) is 8.47. The van der Waals surface area contributed by atoms with Crippen LogP contribution in [0.1, 0.15) is 24.8 Å². The summed E-state index contributed by atoms with van der Waals surface area (Å²) in [5.74, 6) is 0.573. The summed E-state index contributed by atoms with van der Waals surface area (Å²) < 4.78 is 0.831. The van der Waals surface area contributed by atoms with E-state index in [0.29, 0.717) is 5.13 Å². The van der Waals surface area contributed by atoms with E-state index in [4.69, 9.17) is 0 Å². The molecular weight excluding hydrogens is 302 g/mol. The molecule has 1 atom stereocenters. The van der Waals surface area contributed by atoms with Crippen LogP contribution in [0.4, 0.5) is 5.13 Å². The predicted molar refractivity (Wildman–Crippen MR) is 88.9 cm³/mol. The molecule has 6 heteroatoms. The fourth-order valence-corrected chi connectivity index (χ4v) is 3.42. The van der Waals surface area contributed by atoms with Gasteiger partial charge in [0.25, 0.3) is 0 Å². The van der Waals surface area contributed by atoms with Crippen LogP contribution in [0.3, 0.4) is 0 Å². The zero-order valence-corrected chi connectivity index (χ0v) is 13.4. The van der Waals surface area contributed by atoms with Gasteiger partial charge in [0.1, 0.15) is 0 Å². The van der Waals surface area contributed by atoms with Gasteiger partial charge in [-0.3, -0.25) is 10.1 Å². The summed E-state index contributed by atoms with van der Waals surface area (Å²) in [6, 6.07) is 9.78. The van der Waals surface area contributed by atoms with E-state index >= 15 is 0 Å². The molecule has 4 nitrogen and oxygen atoms in total. The average molecular weight is 319 g/mol. The second kappa shape index (κ2) is 7.95. The van der Waals surface area contributed by atoms with E-state index in [9.17, 15) is 4.79 Å². The Morgan fingerprint density at radius 3 is 2.86 bits per heavy atom. The van der Waals surface area contributed by atoms with Crippen molar-refractivity contribution in [3.63, 3.8) is 0 Å². The van der Waals surface area contributed by atoms with Gasteiger partial charge >= 0.3 is 0 Å². The molecule has 0 unspecified atom stereocenters. The second-order valence-corrected chi connectivity index (χ2v) is 6.58. The minimum absolute atomic E-state index is 0.0416. The van der Waals surface area contributed by atoms with Crippen molar-refractivity contribution in [2.24, 2.45) is 0 Å². The summed E-state index contributed by atoms with van der Waals surface area (Å²) in [6.07, 6.45) is 2.56. The van der Waals surface area contributed by atoms with Crippen LogP contribution in [0, 0.1) is 0 Å². The van der Waals surface area contributed by atoms with Gasteiger partial charge in [-0.25, -0.2) is 0 Å². The Labute approximate surface area is 132 Å². The van der Waals surface area contributed by atoms with E-state index in [0.717, 1.165) is 22.1 Å². The molecule has 2 rings (SSSR count). The molecule has 1 aromatic carbocycles. The third-order valence-electron chi connectivity index (χ3n) is 2.89. The minimum atomic E-state index is -0.167. The number of benzene rings is 1. The Bertz CT molecular complexity index is 598. The first-order valence-electron chi connectivity index (χ1n) is 6.67. The molecule has 2 aromatic rings. The van der Waals surface area contributed by atoms with E-state index in [1.807, 2.05) is 43.3 Å². The van der Waals surface area contributed by atoms with Gasteiger partial charge in [0.05, 0.1) is 5.92 Å². The molecule has 0 aliphatic heterocycles. The lowest BCUT2D eigenvalue weighted by molar-refractivity contribution is -0.117. The summed E-state index contributed by atoms with van der Waals surface area (Å²) in [6.45, 7) is 5.67. The fraction of sp³-hybridized carbons (Fsp3) is 0.267. The highest BCUT2D eigenvalue weighted by atomic mass is 32.2. The van der Waals surface area contributed by atoms with E-state index in [1.165, 1.54) is 11.3 Å². The van der Waals surface area contributed by atoms with Crippen molar-refractivity contribution in [1.82, 2.24) is 10.2 Å². The summed E-state index contributed by atoms with van der Waals surface area (Å²) in [5, 5.41) is 11.4. The van der Waals surface area contributed by atoms with Gasteiger partial charge in [-0.1, -0.05) is 66.4 Å². The molecule has 21 heavy (non-hydrogen) atoms. The Hall–Kier alpha value is -1.66. The lowest BCUT2D eigenvalue weighted by atomic mass is 9.96. The summed E-state index contributed by atoms with van der Waals surface area (Å²) >= 11 is 2.94. The number of hydrogen-bond donors (Lipinski definition) is 1. The standard InChI is InChI=1S/C15H17N3OS2/c1-3-10-20-15-18-17-14(21-15)16-13(19)12(4-2)11-8-6-5-7-9-11/h3,5-9,12H,1,4,10H2,2H3,(H,16,17,19)/t12-/m1/s1. The number of thioether (sulfide) groups is 1. The fourth-order valence-electron chi connectivity index (χ4n) is 1.90. The van der Waals surface area contributed by atoms with Crippen molar-refractivity contribution >= 4 is 34.1 Å². The number of nitrogens with one attached hydrogen (secondary N) is 1. The Morgan fingerprint density at radius 1 is 1.43 bits per heavy atom. The monoisotopic (exact) mass is 319 g/mol. The third kappa shape index (κ3) is 4.41. The highest BCUT2D eigenvalue weighted by Crippen LogP contribution is 2.27. The van der Waals surface area contributed by atoms with Crippen molar-refractivity contribution in [3.8, 4) is 0 Å². The van der Waals surface area contributed by atoms with Crippen molar-refractivity contribution in [2.75, 3.05) is 11.1 Å². The summed E-state index contributed by atoms with van der Waals surface area (Å²) in [4.78, 5) is 12.4. The Morgan fingerprint density at radius 2 is 2.19 bits per heavy atom. The van der Waals surface area contributed by atoms with Crippen LogP contribution in [0.15, 0.2) is 47.3 Å². The van der Waals surface area contributed by atoms with Gasteiger partial charge in [-0.15, -0.1) is 16.8 Å². The first kappa shape index (κ1) is 15.7. The maximum absolute atomic E-state index is 12.4. The van der Waals surface area contributed by atoms with E-state index in [-0.39, 0.29) is 11.8 Å². The van der Waals surface area contributed by atoms with Crippen LogP contribution in [-0.4, -0.2) is 21.9 Å². The molecule has 0 aliphatic carbocycles. The summed E-state index contributed by atoms with van der Waals surface area (Å²) in [7, 11) is 0. The lowest BCUT2D eigenvalue weighted by Crippen LogP contribution is -2.20. The number of amides is 1. The average Bonchev–Trinajstić information content (AvgIpc) is 2.94. The summed E-state index contributed by atoms with van der Waals surface area (Å²) in [5.41, 5.74) is 1.02. The lowest BCUT2D eigenvalue weighted by Gasteiger charge is -2.13. The maximum Gasteiger partial charge on any atom is 0.233 e. The smallest absolute Gasteiger partial charge is 0.233 e. The number of nitrogens with zero attached hydrogens (tertiary/aromatic N) is 2. The molecular formula is C15H17N3OS2. The van der Waals surface area contributed by atoms with Crippen molar-refractivity contribution < 1.29 is 4.79 Å². The number of carbonyl (C=O) groups is 1. The SMILES string of the molecule is C=CCSc1nnc(NC(=O)[C@H](CC)c2ccccc2)s1.